The largest absolute Gasteiger partial charge is 0.337 e. The summed E-state index contributed by atoms with van der Waals surface area (Å²) in [6.45, 7) is 0. The van der Waals surface area contributed by atoms with E-state index in [1.54, 1.807) is 17.0 Å². The number of H-pyrrole nitrogens is 1. The van der Waals surface area contributed by atoms with E-state index in [1.165, 1.54) is 0 Å². The van der Waals surface area contributed by atoms with Gasteiger partial charge < -0.3 is 4.98 Å². The van der Waals surface area contributed by atoms with E-state index < -0.39 is 0 Å². The van der Waals surface area contributed by atoms with Crippen LogP contribution in [0.2, 0.25) is 10.0 Å². The van der Waals surface area contributed by atoms with Gasteiger partial charge in [-0.25, -0.2) is 0 Å². The highest BCUT2D eigenvalue weighted by atomic mass is 79.9. The Balaban J connectivity index is 2.70. The van der Waals surface area contributed by atoms with Gasteiger partial charge in [-0.2, -0.15) is 0 Å². The molecule has 0 radical (unpaired) electrons. The summed E-state index contributed by atoms with van der Waals surface area (Å²) < 4.78 is 3.10. The molecule has 2 nitrogen and oxygen atoms in total. The van der Waals surface area contributed by atoms with Gasteiger partial charge in [0.1, 0.15) is 0 Å². The molecule has 0 amide bonds. The predicted molar refractivity (Wildman–Crippen MR) is 68.7 cm³/mol. The summed E-state index contributed by atoms with van der Waals surface area (Å²) in [5.41, 5.74) is 0.760. The fourth-order valence-electron chi connectivity index (χ4n) is 1.21. The smallest absolute Gasteiger partial charge is 0.181 e. The predicted octanol–water partition coefficient (Wildman–Crippen LogP) is 4.60. The Morgan fingerprint density at radius 1 is 1.27 bits per heavy atom. The molecule has 0 aliphatic carbocycles. The molecule has 0 spiro atoms. The number of hydrogen-bond acceptors (Lipinski definition) is 1. The topological polar surface area (TPSA) is 20.7 Å². The average molecular weight is 324 g/mol. The van der Waals surface area contributed by atoms with Crippen molar-refractivity contribution in [3.05, 3.63) is 43.8 Å². The zero-order valence-corrected chi connectivity index (χ0v) is 11.2. The fourth-order valence-corrected chi connectivity index (χ4v) is 2.30. The van der Waals surface area contributed by atoms with Gasteiger partial charge in [-0.1, -0.05) is 23.2 Å². The van der Waals surface area contributed by atoms with Gasteiger partial charge in [0, 0.05) is 16.9 Å². The molecule has 78 valence electrons. The molecular weight excluding hydrogens is 319 g/mol. The Morgan fingerprint density at radius 2 is 2.00 bits per heavy atom. The number of aromatic amines is 1. The average Bonchev–Trinajstić information content (AvgIpc) is 2.62. The van der Waals surface area contributed by atoms with E-state index in [2.05, 4.69) is 20.9 Å². The van der Waals surface area contributed by atoms with Crippen LogP contribution in [0.15, 0.2) is 29.0 Å². The molecular formula is C9H5BrCl2N2S. The van der Waals surface area contributed by atoms with Crippen molar-refractivity contribution in [2.75, 3.05) is 0 Å². The van der Waals surface area contributed by atoms with Crippen molar-refractivity contribution in [2.24, 2.45) is 0 Å². The third kappa shape index (κ3) is 1.99. The first kappa shape index (κ1) is 11.2. The van der Waals surface area contributed by atoms with Gasteiger partial charge in [0.15, 0.2) is 4.77 Å². The van der Waals surface area contributed by atoms with Crippen LogP contribution < -0.4 is 0 Å². The van der Waals surface area contributed by atoms with E-state index in [0.29, 0.717) is 14.8 Å². The van der Waals surface area contributed by atoms with E-state index in [9.17, 15) is 0 Å². The zero-order chi connectivity index (χ0) is 11.0. The van der Waals surface area contributed by atoms with Crippen LogP contribution in [0.4, 0.5) is 0 Å². The fraction of sp³-hybridized carbons (Fsp3) is 0. The maximum atomic E-state index is 6.12. The highest BCUT2D eigenvalue weighted by Gasteiger charge is 2.10. The lowest BCUT2D eigenvalue weighted by atomic mass is 10.3. The first-order chi connectivity index (χ1) is 7.11. The molecule has 15 heavy (non-hydrogen) atoms. The van der Waals surface area contributed by atoms with Crippen LogP contribution in [0.3, 0.4) is 0 Å². The lowest BCUT2D eigenvalue weighted by Crippen LogP contribution is -1.93. The van der Waals surface area contributed by atoms with Crippen molar-refractivity contribution in [2.45, 2.75) is 0 Å². The van der Waals surface area contributed by atoms with Gasteiger partial charge >= 0.3 is 0 Å². The Morgan fingerprint density at radius 3 is 2.60 bits per heavy atom. The van der Waals surface area contributed by atoms with Crippen molar-refractivity contribution in [3.8, 4) is 5.69 Å². The second kappa shape index (κ2) is 4.29. The Hall–Kier alpha value is -0.290. The van der Waals surface area contributed by atoms with Crippen LogP contribution in [0, 0.1) is 4.77 Å². The molecule has 2 rings (SSSR count). The Kier molecular flexibility index (Phi) is 3.21. The molecule has 0 unspecified atom stereocenters. The molecule has 1 aromatic heterocycles. The van der Waals surface area contributed by atoms with Crippen LogP contribution in [0.25, 0.3) is 5.69 Å². The monoisotopic (exact) mass is 322 g/mol. The number of halogens is 3. The van der Waals surface area contributed by atoms with Crippen molar-refractivity contribution in [1.82, 2.24) is 9.55 Å². The quantitative estimate of drug-likeness (QED) is 0.600. The van der Waals surface area contributed by atoms with Crippen LogP contribution in [-0.4, -0.2) is 9.55 Å². The first-order valence-corrected chi connectivity index (χ1v) is 5.97. The van der Waals surface area contributed by atoms with Crippen LogP contribution in [-0.2, 0) is 0 Å². The second-order valence-electron chi connectivity index (χ2n) is 2.83. The first-order valence-electron chi connectivity index (χ1n) is 4.01. The van der Waals surface area contributed by atoms with Gasteiger partial charge in [0.05, 0.1) is 15.7 Å². The maximum Gasteiger partial charge on any atom is 0.181 e. The Bertz CT molecular complexity index is 561. The number of nitrogens with one attached hydrogen (secondary N) is 1. The third-order valence-electron chi connectivity index (χ3n) is 1.92. The number of nitrogens with zero attached hydrogens (tertiary/aromatic N) is 1. The molecule has 1 N–H and O–H groups in total. The lowest BCUT2D eigenvalue weighted by molar-refractivity contribution is 1.03. The highest BCUT2D eigenvalue weighted by Crippen LogP contribution is 2.34. The minimum Gasteiger partial charge on any atom is -0.337 e. The molecule has 1 aromatic carbocycles. The van der Waals surface area contributed by atoms with Crippen molar-refractivity contribution in [3.63, 3.8) is 0 Å². The summed E-state index contributed by atoms with van der Waals surface area (Å²) in [6.07, 6.45) is 3.54. The molecule has 0 aliphatic rings. The number of rotatable bonds is 1. The van der Waals surface area contributed by atoms with E-state index in [1.807, 2.05) is 12.1 Å². The van der Waals surface area contributed by atoms with Gasteiger partial charge in [-0.3, -0.25) is 4.57 Å². The molecule has 0 saturated heterocycles. The minimum atomic E-state index is 0.474. The van der Waals surface area contributed by atoms with Crippen molar-refractivity contribution < 1.29 is 0 Å². The number of imidazole rings is 1. The molecule has 0 aliphatic heterocycles. The molecule has 2 aromatic rings. The minimum absolute atomic E-state index is 0.474. The molecule has 0 saturated carbocycles. The molecule has 0 fully saturated rings. The second-order valence-corrected chi connectivity index (χ2v) is 4.83. The summed E-state index contributed by atoms with van der Waals surface area (Å²) in [5, 5.41) is 0.957. The number of benzene rings is 1. The van der Waals surface area contributed by atoms with E-state index in [4.69, 9.17) is 35.4 Å². The van der Waals surface area contributed by atoms with Crippen molar-refractivity contribution in [1.29, 1.82) is 0 Å². The molecule has 6 heteroatoms. The summed E-state index contributed by atoms with van der Waals surface area (Å²) in [5.74, 6) is 0. The van der Waals surface area contributed by atoms with Crippen molar-refractivity contribution >= 4 is 51.3 Å². The maximum absolute atomic E-state index is 6.12. The summed E-state index contributed by atoms with van der Waals surface area (Å²) in [6, 6.07) is 3.68. The number of aromatic nitrogens is 2. The van der Waals surface area contributed by atoms with Gasteiger partial charge in [-0.15, -0.1) is 0 Å². The summed E-state index contributed by atoms with van der Waals surface area (Å²) in [7, 11) is 0. The lowest BCUT2D eigenvalue weighted by Gasteiger charge is -2.07. The SMILES string of the molecule is S=c1[nH]ccn1-c1ccc(Br)c(Cl)c1Cl. The third-order valence-corrected chi connectivity index (χ3v) is 4.00. The summed E-state index contributed by atoms with van der Waals surface area (Å²) in [4.78, 5) is 2.89. The van der Waals surface area contributed by atoms with E-state index in [-0.39, 0.29) is 0 Å². The Labute approximate surface area is 110 Å². The molecule has 0 atom stereocenters. The van der Waals surface area contributed by atoms with Crippen LogP contribution in [0.5, 0.6) is 0 Å². The van der Waals surface area contributed by atoms with E-state index >= 15 is 0 Å². The van der Waals surface area contributed by atoms with Gasteiger partial charge in [0.2, 0.25) is 0 Å². The molecule has 0 bridgehead atoms. The van der Waals surface area contributed by atoms with E-state index in [0.717, 1.165) is 10.2 Å². The normalized spacial score (nSPS) is 10.6. The standard InChI is InChI=1S/C9H5BrCl2N2S/c10-5-1-2-6(8(12)7(5)11)14-4-3-13-9(14)15/h1-4H,(H,13,15). The zero-order valence-electron chi connectivity index (χ0n) is 7.30. The van der Waals surface area contributed by atoms with Gasteiger partial charge in [0.25, 0.3) is 0 Å². The van der Waals surface area contributed by atoms with Gasteiger partial charge in [-0.05, 0) is 40.3 Å². The van der Waals surface area contributed by atoms with Crippen LogP contribution in [0.1, 0.15) is 0 Å². The van der Waals surface area contributed by atoms with Crippen LogP contribution >= 0.6 is 51.3 Å². The number of hydrogen-bond donors (Lipinski definition) is 1. The molecule has 1 heterocycles. The summed E-state index contributed by atoms with van der Waals surface area (Å²) >= 11 is 20.5. The highest BCUT2D eigenvalue weighted by molar-refractivity contribution is 9.10.